The van der Waals surface area contributed by atoms with Crippen molar-refractivity contribution in [2.24, 2.45) is 5.92 Å². The fourth-order valence-electron chi connectivity index (χ4n) is 2.43. The molecule has 0 N–H and O–H groups in total. The molecule has 0 aliphatic carbocycles. The van der Waals surface area contributed by atoms with E-state index in [2.05, 4.69) is 13.8 Å². The van der Waals surface area contributed by atoms with Crippen LogP contribution in [0.25, 0.3) is 0 Å². The second kappa shape index (κ2) is 4.42. The SMILES string of the molecule is CCC(CC)C1([SiH3])CCCCO1. The smallest absolute Gasteiger partial charge is 0.0513 e. The van der Waals surface area contributed by atoms with Gasteiger partial charge in [0.25, 0.3) is 0 Å². The first kappa shape index (κ1) is 10.3. The van der Waals surface area contributed by atoms with E-state index < -0.39 is 0 Å². The molecular formula is C10H22OSi. The Bertz CT molecular complexity index is 126. The lowest BCUT2D eigenvalue weighted by atomic mass is 9.90. The molecule has 0 spiro atoms. The molecule has 12 heavy (non-hydrogen) atoms. The van der Waals surface area contributed by atoms with Gasteiger partial charge in [0.05, 0.1) is 5.22 Å². The minimum atomic E-state index is 0.335. The van der Waals surface area contributed by atoms with Crippen molar-refractivity contribution in [2.75, 3.05) is 6.61 Å². The number of ether oxygens (including phenoxy) is 1. The van der Waals surface area contributed by atoms with Gasteiger partial charge in [-0.25, -0.2) is 0 Å². The lowest BCUT2D eigenvalue weighted by Gasteiger charge is -2.40. The molecule has 0 radical (unpaired) electrons. The van der Waals surface area contributed by atoms with E-state index in [4.69, 9.17) is 4.74 Å². The Kier molecular flexibility index (Phi) is 3.78. The maximum Gasteiger partial charge on any atom is 0.0513 e. The van der Waals surface area contributed by atoms with Crippen molar-refractivity contribution in [3.8, 4) is 0 Å². The molecule has 72 valence electrons. The lowest BCUT2D eigenvalue weighted by Crippen LogP contribution is -2.43. The van der Waals surface area contributed by atoms with E-state index in [1.54, 1.807) is 0 Å². The maximum atomic E-state index is 5.97. The van der Waals surface area contributed by atoms with Gasteiger partial charge in [0.2, 0.25) is 0 Å². The van der Waals surface area contributed by atoms with E-state index in [1.807, 2.05) is 0 Å². The van der Waals surface area contributed by atoms with Crippen LogP contribution in [-0.2, 0) is 4.74 Å². The van der Waals surface area contributed by atoms with Gasteiger partial charge in [-0.15, -0.1) is 0 Å². The van der Waals surface area contributed by atoms with E-state index in [1.165, 1.54) is 42.3 Å². The Balaban J connectivity index is 2.53. The van der Waals surface area contributed by atoms with Crippen molar-refractivity contribution in [3.63, 3.8) is 0 Å². The van der Waals surface area contributed by atoms with Crippen LogP contribution in [0.4, 0.5) is 0 Å². The van der Waals surface area contributed by atoms with Gasteiger partial charge in [-0.2, -0.15) is 0 Å². The average Bonchev–Trinajstić information content (AvgIpc) is 2.07. The van der Waals surface area contributed by atoms with Gasteiger partial charge in [0, 0.05) is 16.8 Å². The van der Waals surface area contributed by atoms with Crippen molar-refractivity contribution in [1.29, 1.82) is 0 Å². The summed E-state index contributed by atoms with van der Waals surface area (Å²) in [6, 6.07) is 0. The molecule has 0 bridgehead atoms. The highest BCUT2D eigenvalue weighted by Gasteiger charge is 2.33. The Hall–Kier alpha value is 0.177. The number of hydrogen-bond acceptors (Lipinski definition) is 1. The second-order valence-electron chi connectivity index (χ2n) is 4.13. The predicted octanol–water partition coefficient (Wildman–Crippen LogP) is 1.68. The van der Waals surface area contributed by atoms with E-state index in [0.29, 0.717) is 5.22 Å². The Morgan fingerprint density at radius 2 is 2.00 bits per heavy atom. The van der Waals surface area contributed by atoms with Gasteiger partial charge in [-0.3, -0.25) is 0 Å². The third-order valence-electron chi connectivity index (χ3n) is 3.35. The highest BCUT2D eigenvalue weighted by Crippen LogP contribution is 2.32. The summed E-state index contributed by atoms with van der Waals surface area (Å²) in [5, 5.41) is 0.335. The van der Waals surface area contributed by atoms with Crippen LogP contribution in [0.2, 0.25) is 0 Å². The monoisotopic (exact) mass is 186 g/mol. The van der Waals surface area contributed by atoms with Gasteiger partial charge >= 0.3 is 0 Å². The standard InChI is InChI=1S/C10H22OSi/c1-3-9(4-2)10(12)7-5-6-8-11-10/h9H,3-8H2,1-2,12H3. The molecule has 1 aliphatic heterocycles. The summed E-state index contributed by atoms with van der Waals surface area (Å²) in [5.74, 6) is 0.824. The first-order valence-corrected chi connectivity index (χ1v) is 6.37. The van der Waals surface area contributed by atoms with Crippen molar-refractivity contribution < 1.29 is 4.74 Å². The fraction of sp³-hybridized carbons (Fsp3) is 1.00. The molecular weight excluding hydrogens is 164 g/mol. The molecule has 2 heteroatoms. The third kappa shape index (κ3) is 2.11. The summed E-state index contributed by atoms with van der Waals surface area (Å²) in [5.41, 5.74) is 0. The molecule has 1 saturated heterocycles. The Labute approximate surface area is 79.3 Å². The number of rotatable bonds is 3. The maximum absolute atomic E-state index is 5.97. The van der Waals surface area contributed by atoms with E-state index >= 15 is 0 Å². The molecule has 1 nitrogen and oxygen atoms in total. The molecule has 1 fully saturated rings. The minimum absolute atomic E-state index is 0.335. The van der Waals surface area contributed by atoms with E-state index in [0.717, 1.165) is 12.5 Å². The molecule has 0 aromatic rings. The van der Waals surface area contributed by atoms with Crippen LogP contribution in [0.3, 0.4) is 0 Å². The lowest BCUT2D eigenvalue weighted by molar-refractivity contribution is -0.0575. The Morgan fingerprint density at radius 1 is 1.33 bits per heavy atom. The van der Waals surface area contributed by atoms with Crippen LogP contribution in [0.5, 0.6) is 0 Å². The minimum Gasteiger partial charge on any atom is -0.379 e. The van der Waals surface area contributed by atoms with E-state index in [-0.39, 0.29) is 0 Å². The summed E-state index contributed by atoms with van der Waals surface area (Å²) in [7, 11) is 1.21. The van der Waals surface area contributed by atoms with Crippen LogP contribution in [0, 0.1) is 5.92 Å². The second-order valence-corrected chi connectivity index (χ2v) is 5.82. The largest absolute Gasteiger partial charge is 0.379 e. The summed E-state index contributed by atoms with van der Waals surface area (Å²) in [6.07, 6.45) is 6.58. The quantitative estimate of drug-likeness (QED) is 0.610. The van der Waals surface area contributed by atoms with Gasteiger partial charge < -0.3 is 4.74 Å². The first-order chi connectivity index (χ1) is 5.73. The highest BCUT2D eigenvalue weighted by molar-refractivity contribution is 6.14. The topological polar surface area (TPSA) is 9.23 Å². The van der Waals surface area contributed by atoms with Crippen LogP contribution in [-0.4, -0.2) is 22.1 Å². The Morgan fingerprint density at radius 3 is 2.42 bits per heavy atom. The van der Waals surface area contributed by atoms with Crippen LogP contribution >= 0.6 is 0 Å². The molecule has 0 aromatic carbocycles. The average molecular weight is 186 g/mol. The van der Waals surface area contributed by atoms with Crippen molar-refractivity contribution in [3.05, 3.63) is 0 Å². The molecule has 1 heterocycles. The van der Waals surface area contributed by atoms with Gasteiger partial charge in [-0.1, -0.05) is 26.7 Å². The van der Waals surface area contributed by atoms with Crippen LogP contribution in [0.1, 0.15) is 46.0 Å². The van der Waals surface area contributed by atoms with Gasteiger partial charge in [0.15, 0.2) is 0 Å². The predicted molar refractivity (Wildman–Crippen MR) is 56.5 cm³/mol. The van der Waals surface area contributed by atoms with Crippen LogP contribution in [0.15, 0.2) is 0 Å². The molecule has 1 aliphatic rings. The normalized spacial score (nSPS) is 31.2. The van der Waals surface area contributed by atoms with Crippen molar-refractivity contribution in [2.45, 2.75) is 51.2 Å². The summed E-state index contributed by atoms with van der Waals surface area (Å²) in [6.45, 7) is 5.61. The zero-order valence-corrected chi connectivity index (χ0v) is 10.7. The first-order valence-electron chi connectivity index (χ1n) is 5.37. The van der Waals surface area contributed by atoms with Gasteiger partial charge in [-0.05, 0) is 25.2 Å². The summed E-state index contributed by atoms with van der Waals surface area (Å²) < 4.78 is 5.97. The molecule has 1 rings (SSSR count). The van der Waals surface area contributed by atoms with E-state index in [9.17, 15) is 0 Å². The zero-order chi connectivity index (χ0) is 9.03. The molecule has 0 amide bonds. The number of hydrogen-bond donors (Lipinski definition) is 0. The molecule has 0 aromatic heterocycles. The molecule has 1 atom stereocenters. The van der Waals surface area contributed by atoms with Gasteiger partial charge in [0.1, 0.15) is 0 Å². The van der Waals surface area contributed by atoms with Crippen molar-refractivity contribution >= 4 is 10.2 Å². The zero-order valence-electron chi connectivity index (χ0n) is 8.73. The third-order valence-corrected chi connectivity index (χ3v) is 4.95. The molecule has 0 saturated carbocycles. The van der Waals surface area contributed by atoms with Crippen LogP contribution < -0.4 is 0 Å². The summed E-state index contributed by atoms with van der Waals surface area (Å²) >= 11 is 0. The fourth-order valence-corrected chi connectivity index (χ4v) is 3.80. The van der Waals surface area contributed by atoms with Crippen molar-refractivity contribution in [1.82, 2.24) is 0 Å². The molecule has 1 unspecified atom stereocenters. The summed E-state index contributed by atoms with van der Waals surface area (Å²) in [4.78, 5) is 0. The highest BCUT2D eigenvalue weighted by atomic mass is 28.1.